The molecule has 29 heavy (non-hydrogen) atoms. The third-order valence-electron chi connectivity index (χ3n) is 4.44. The molecule has 2 aromatic carbocycles. The van der Waals surface area contributed by atoms with Gasteiger partial charge in [0, 0.05) is 0 Å². The van der Waals surface area contributed by atoms with Gasteiger partial charge in [-0.05, 0) is 48.7 Å². The third kappa shape index (κ3) is 6.01. The van der Waals surface area contributed by atoms with Gasteiger partial charge in [-0.2, -0.15) is 0 Å². The normalized spacial score (nSPS) is 12.3. The molecule has 0 spiro atoms. The van der Waals surface area contributed by atoms with Gasteiger partial charge in [-0.25, -0.2) is 8.42 Å². The van der Waals surface area contributed by atoms with Crippen molar-refractivity contribution in [3.05, 3.63) is 57.6 Å². The Morgan fingerprint density at radius 1 is 1.17 bits per heavy atom. The van der Waals surface area contributed by atoms with Crippen LogP contribution in [0.3, 0.4) is 0 Å². The summed E-state index contributed by atoms with van der Waals surface area (Å²) < 4.78 is 30.8. The van der Waals surface area contributed by atoms with E-state index in [1.54, 1.807) is 7.11 Å². The summed E-state index contributed by atoms with van der Waals surface area (Å²) in [6.45, 7) is 3.49. The van der Waals surface area contributed by atoms with Crippen molar-refractivity contribution in [2.75, 3.05) is 24.2 Å². The first-order chi connectivity index (χ1) is 13.6. The Morgan fingerprint density at radius 3 is 2.38 bits per heavy atom. The van der Waals surface area contributed by atoms with Gasteiger partial charge in [0.15, 0.2) is 0 Å². The van der Waals surface area contributed by atoms with Crippen molar-refractivity contribution in [1.82, 2.24) is 5.32 Å². The standard InChI is InChI=1S/C20H24Cl2N2O4S/c1-5-18(14-6-9-19(28-3)13(2)10-14)23-20(25)12-24(29(4,26)27)15-7-8-16(21)17(22)11-15/h6-11,18H,5,12H2,1-4H3,(H,23,25)/t18-/m1/s1. The first-order valence-corrected chi connectivity index (χ1v) is 11.5. The van der Waals surface area contributed by atoms with Crippen LogP contribution in [-0.2, 0) is 14.8 Å². The van der Waals surface area contributed by atoms with Crippen molar-refractivity contribution in [3.63, 3.8) is 0 Å². The highest BCUT2D eigenvalue weighted by Crippen LogP contribution is 2.29. The number of aryl methyl sites for hydroxylation is 1. The zero-order chi connectivity index (χ0) is 21.8. The van der Waals surface area contributed by atoms with Crippen LogP contribution in [0.4, 0.5) is 5.69 Å². The number of ether oxygens (including phenoxy) is 1. The summed E-state index contributed by atoms with van der Waals surface area (Å²) in [5, 5.41) is 3.41. The maximum atomic E-state index is 12.7. The fraction of sp³-hybridized carbons (Fsp3) is 0.350. The molecule has 158 valence electrons. The molecule has 0 aromatic heterocycles. The Kier molecular flexibility index (Phi) is 7.80. The van der Waals surface area contributed by atoms with Crippen molar-refractivity contribution < 1.29 is 17.9 Å². The van der Waals surface area contributed by atoms with E-state index in [4.69, 9.17) is 27.9 Å². The van der Waals surface area contributed by atoms with Crippen LogP contribution >= 0.6 is 23.2 Å². The Balaban J connectivity index is 2.22. The number of sulfonamides is 1. The summed E-state index contributed by atoms with van der Waals surface area (Å²) in [7, 11) is -2.11. The summed E-state index contributed by atoms with van der Waals surface area (Å²) in [5.41, 5.74) is 2.14. The zero-order valence-electron chi connectivity index (χ0n) is 16.7. The van der Waals surface area contributed by atoms with Gasteiger partial charge in [-0.3, -0.25) is 9.10 Å². The lowest BCUT2D eigenvalue weighted by Gasteiger charge is -2.24. The highest BCUT2D eigenvalue weighted by Gasteiger charge is 2.23. The highest BCUT2D eigenvalue weighted by atomic mass is 35.5. The molecule has 2 aromatic rings. The number of nitrogens with one attached hydrogen (secondary N) is 1. The maximum absolute atomic E-state index is 12.7. The number of hydrogen-bond acceptors (Lipinski definition) is 4. The van der Waals surface area contributed by atoms with Gasteiger partial charge in [-0.15, -0.1) is 0 Å². The van der Waals surface area contributed by atoms with E-state index in [0.29, 0.717) is 11.4 Å². The minimum absolute atomic E-state index is 0.207. The van der Waals surface area contributed by atoms with Gasteiger partial charge in [0.25, 0.3) is 0 Å². The van der Waals surface area contributed by atoms with E-state index in [-0.39, 0.29) is 23.3 Å². The molecule has 6 nitrogen and oxygen atoms in total. The van der Waals surface area contributed by atoms with Crippen LogP contribution in [0.1, 0.15) is 30.5 Å². The van der Waals surface area contributed by atoms with Gasteiger partial charge < -0.3 is 10.1 Å². The molecule has 1 atom stereocenters. The third-order valence-corrected chi connectivity index (χ3v) is 6.32. The van der Waals surface area contributed by atoms with Gasteiger partial charge in [0.05, 0.1) is 35.1 Å². The Bertz CT molecular complexity index is 996. The lowest BCUT2D eigenvalue weighted by atomic mass is 10.0. The molecule has 0 unspecified atom stereocenters. The summed E-state index contributed by atoms with van der Waals surface area (Å²) in [6, 6.07) is 9.83. The molecule has 0 radical (unpaired) electrons. The van der Waals surface area contributed by atoms with E-state index < -0.39 is 15.9 Å². The van der Waals surface area contributed by atoms with Crippen LogP contribution < -0.4 is 14.4 Å². The summed E-state index contributed by atoms with van der Waals surface area (Å²) in [5.74, 6) is 0.333. The number of halogens is 2. The predicted octanol–water partition coefficient (Wildman–Crippen LogP) is 4.34. The van der Waals surface area contributed by atoms with E-state index >= 15 is 0 Å². The first kappa shape index (κ1) is 23.3. The summed E-state index contributed by atoms with van der Waals surface area (Å²) in [4.78, 5) is 12.7. The smallest absolute Gasteiger partial charge is 0.241 e. The molecular weight excluding hydrogens is 435 g/mol. The van der Waals surface area contributed by atoms with E-state index in [0.717, 1.165) is 27.4 Å². The number of methoxy groups -OCH3 is 1. The second-order valence-corrected chi connectivity index (χ2v) is 9.35. The molecule has 1 N–H and O–H groups in total. The predicted molar refractivity (Wildman–Crippen MR) is 118 cm³/mol. The van der Waals surface area contributed by atoms with Gasteiger partial charge in [0.2, 0.25) is 15.9 Å². The molecule has 0 saturated carbocycles. The Labute approximate surface area is 181 Å². The summed E-state index contributed by atoms with van der Waals surface area (Å²) >= 11 is 11.9. The molecule has 9 heteroatoms. The molecule has 0 fully saturated rings. The van der Waals surface area contributed by atoms with Crippen molar-refractivity contribution >= 4 is 44.8 Å². The SMILES string of the molecule is CC[C@@H](NC(=O)CN(c1ccc(Cl)c(Cl)c1)S(C)(=O)=O)c1ccc(OC)c(C)c1. The lowest BCUT2D eigenvalue weighted by Crippen LogP contribution is -2.41. The first-order valence-electron chi connectivity index (χ1n) is 8.93. The molecule has 0 aliphatic carbocycles. The number of benzene rings is 2. The Morgan fingerprint density at radius 2 is 1.86 bits per heavy atom. The van der Waals surface area contributed by atoms with Crippen LogP contribution in [0, 0.1) is 6.92 Å². The molecule has 0 aliphatic rings. The number of rotatable bonds is 8. The number of carbonyl (C=O) groups excluding carboxylic acids is 1. The number of nitrogens with zero attached hydrogens (tertiary/aromatic N) is 1. The zero-order valence-corrected chi connectivity index (χ0v) is 19.0. The van der Waals surface area contributed by atoms with Gasteiger partial charge in [0.1, 0.15) is 12.3 Å². The molecular formula is C20H24Cl2N2O4S. The highest BCUT2D eigenvalue weighted by molar-refractivity contribution is 7.92. The van der Waals surface area contributed by atoms with Crippen molar-refractivity contribution in [2.24, 2.45) is 0 Å². The van der Waals surface area contributed by atoms with Crippen LogP contribution in [-0.4, -0.2) is 34.2 Å². The quantitative estimate of drug-likeness (QED) is 0.637. The van der Waals surface area contributed by atoms with E-state index in [2.05, 4.69) is 5.32 Å². The fourth-order valence-corrected chi connectivity index (χ4v) is 4.09. The topological polar surface area (TPSA) is 75.7 Å². The van der Waals surface area contributed by atoms with Crippen molar-refractivity contribution in [3.8, 4) is 5.75 Å². The second kappa shape index (κ2) is 9.69. The number of amides is 1. The van der Waals surface area contributed by atoms with Crippen LogP contribution in [0.15, 0.2) is 36.4 Å². The van der Waals surface area contributed by atoms with E-state index in [9.17, 15) is 13.2 Å². The molecule has 0 saturated heterocycles. The average Bonchev–Trinajstić information content (AvgIpc) is 2.65. The van der Waals surface area contributed by atoms with Crippen LogP contribution in [0.25, 0.3) is 0 Å². The van der Waals surface area contributed by atoms with Crippen molar-refractivity contribution in [1.29, 1.82) is 0 Å². The average molecular weight is 459 g/mol. The fourth-order valence-electron chi connectivity index (χ4n) is 2.95. The van der Waals surface area contributed by atoms with Gasteiger partial charge >= 0.3 is 0 Å². The minimum atomic E-state index is -3.71. The molecule has 0 aliphatic heterocycles. The Hall–Kier alpha value is -1.96. The van der Waals surface area contributed by atoms with E-state index in [1.807, 2.05) is 32.0 Å². The molecule has 1 amide bonds. The maximum Gasteiger partial charge on any atom is 0.241 e. The van der Waals surface area contributed by atoms with Crippen LogP contribution in [0.5, 0.6) is 5.75 Å². The van der Waals surface area contributed by atoms with Gasteiger partial charge in [-0.1, -0.05) is 42.3 Å². The number of carbonyl (C=O) groups is 1. The lowest BCUT2D eigenvalue weighted by molar-refractivity contribution is -0.120. The largest absolute Gasteiger partial charge is 0.496 e. The minimum Gasteiger partial charge on any atom is -0.496 e. The molecule has 0 heterocycles. The second-order valence-electron chi connectivity index (χ2n) is 6.63. The number of hydrogen-bond donors (Lipinski definition) is 1. The summed E-state index contributed by atoms with van der Waals surface area (Å²) in [6.07, 6.45) is 1.68. The monoisotopic (exact) mass is 458 g/mol. The van der Waals surface area contributed by atoms with E-state index in [1.165, 1.54) is 18.2 Å². The number of anilines is 1. The van der Waals surface area contributed by atoms with Crippen molar-refractivity contribution in [2.45, 2.75) is 26.3 Å². The van der Waals surface area contributed by atoms with Crippen LogP contribution in [0.2, 0.25) is 10.0 Å². The molecule has 0 bridgehead atoms. The molecule has 2 rings (SSSR count).